The van der Waals surface area contributed by atoms with Crippen LogP contribution in [0.1, 0.15) is 27.7 Å². The van der Waals surface area contributed by atoms with Gasteiger partial charge in [-0.2, -0.15) is 0 Å². The van der Waals surface area contributed by atoms with Crippen LogP contribution < -0.4 is 77.1 Å². The van der Waals surface area contributed by atoms with Crippen LogP contribution in [0, 0.1) is 18.2 Å². The molecule has 0 saturated heterocycles. The molecule has 0 fully saturated rings. The monoisotopic (exact) mass is 2440 g/mol. The maximum Gasteiger partial charge on any atom is 0.155 e. The van der Waals surface area contributed by atoms with Crippen LogP contribution in [0.2, 0.25) is 0 Å². The second kappa shape index (κ2) is 37.7. The van der Waals surface area contributed by atoms with Crippen LogP contribution >= 0.6 is 22.2 Å². The molecule has 701 valence electrons. The van der Waals surface area contributed by atoms with Gasteiger partial charge in [0.25, 0.3) is 0 Å². The number of para-hydroxylation sites is 3. The van der Waals surface area contributed by atoms with E-state index in [0.717, 1.165) is 193 Å². The molecule has 0 amide bonds. The van der Waals surface area contributed by atoms with E-state index in [1.54, 1.807) is 0 Å². The fourth-order valence-electron chi connectivity index (χ4n) is 20.8. The van der Waals surface area contributed by atoms with Crippen molar-refractivity contribution < 1.29 is 89.2 Å². The third-order valence-electron chi connectivity index (χ3n) is 27.5. The van der Waals surface area contributed by atoms with Crippen molar-refractivity contribution in [1.29, 1.82) is 0 Å². The number of ketones is 2. The predicted molar refractivity (Wildman–Crippen MR) is 583 cm³/mol. The van der Waals surface area contributed by atoms with Gasteiger partial charge < -0.3 is 48.7 Å². The number of hydrogen-bond acceptors (Lipinski definition) is 15. The summed E-state index contributed by atoms with van der Waals surface area (Å²) in [6, 6.07) is 133. The van der Waals surface area contributed by atoms with Gasteiger partial charge in [-0.3, -0.25) is 24.5 Å². The minimum absolute atomic E-state index is 0. The van der Waals surface area contributed by atoms with Crippen molar-refractivity contribution in [1.82, 2.24) is 15.0 Å². The molecule has 21 aromatic rings. The van der Waals surface area contributed by atoms with Crippen LogP contribution in [-0.4, -0.2) is 79.0 Å². The van der Waals surface area contributed by atoms with Gasteiger partial charge in [-0.05, 0) is 275 Å². The zero-order chi connectivity index (χ0) is 95.3. The maximum atomic E-state index is 16.1. The second-order valence-electron chi connectivity index (χ2n) is 36.3. The molecular formula is C121H91Ir3N9O6P3-3. The predicted octanol–water partition coefficient (Wildman–Crippen LogP) is 25.6. The largest absolute Gasteiger partial charge is 0.512 e. The minimum Gasteiger partial charge on any atom is -0.512 e. The van der Waals surface area contributed by atoms with Crippen molar-refractivity contribution in [2.45, 2.75) is 27.7 Å². The Balaban J connectivity index is 0.000000121. The molecular weight excluding hydrogens is 2340 g/mol. The molecule has 6 aliphatic heterocycles. The summed E-state index contributed by atoms with van der Waals surface area (Å²) in [5.74, 6) is -0.125. The van der Waals surface area contributed by atoms with Crippen LogP contribution in [0.4, 0.5) is 68.2 Å². The first-order chi connectivity index (χ1) is 67.4. The van der Waals surface area contributed by atoms with Crippen LogP contribution in [-0.2, 0) is 79.0 Å². The number of pyridine rings is 3. The molecule has 3 aromatic heterocycles. The molecule has 3 unspecified atom stereocenters. The summed E-state index contributed by atoms with van der Waals surface area (Å²) >= 11 is 0. The zero-order valence-corrected chi connectivity index (χ0v) is 88.8. The van der Waals surface area contributed by atoms with Gasteiger partial charge in [0, 0.05) is 158 Å². The fraction of sp³-hybridized carbons (Fsp3) is 0.0826. The summed E-state index contributed by atoms with van der Waals surface area (Å²) in [5.41, 5.74) is 20.6. The number of allylic oxidation sites excluding steroid dienone is 4. The summed E-state index contributed by atoms with van der Waals surface area (Å²) < 4.78 is 32.1. The quantitative estimate of drug-likeness (QED) is 0.0722. The van der Waals surface area contributed by atoms with Crippen LogP contribution in [0.25, 0.3) is 131 Å². The van der Waals surface area contributed by atoms with E-state index in [1.165, 1.54) is 94.4 Å². The third-order valence-corrected chi connectivity index (χ3v) is 36.3. The summed E-state index contributed by atoms with van der Waals surface area (Å²) in [6.07, 6.45) is 2.33. The topological polar surface area (TPSA) is 167 Å². The van der Waals surface area contributed by atoms with Crippen molar-refractivity contribution in [2.75, 3.05) is 71.7 Å². The van der Waals surface area contributed by atoms with Crippen LogP contribution in [0.3, 0.4) is 0 Å². The Morgan fingerprint density at radius 3 is 0.796 bits per heavy atom. The smallest absolute Gasteiger partial charge is 0.155 e. The number of carbonyl (C=O) groups is 2. The normalized spacial score (nSPS) is 15.5. The van der Waals surface area contributed by atoms with Gasteiger partial charge in [0.15, 0.2) is 11.6 Å². The Bertz CT molecular complexity index is 8350. The molecule has 18 aromatic carbocycles. The minimum atomic E-state index is -3.28. The summed E-state index contributed by atoms with van der Waals surface area (Å²) in [4.78, 5) is 48.6. The molecule has 21 heteroatoms. The van der Waals surface area contributed by atoms with Crippen LogP contribution in [0.15, 0.2) is 369 Å². The van der Waals surface area contributed by atoms with Gasteiger partial charge in [0.2, 0.25) is 0 Å². The first-order valence-electron chi connectivity index (χ1n) is 46.2. The summed E-state index contributed by atoms with van der Waals surface area (Å²) in [7, 11) is 5.34. The van der Waals surface area contributed by atoms with E-state index in [-0.39, 0.29) is 83.4 Å². The maximum absolute atomic E-state index is 16.1. The number of anilines is 12. The molecule has 6 aliphatic rings. The molecule has 3 atom stereocenters. The molecule has 0 saturated carbocycles. The van der Waals surface area contributed by atoms with Gasteiger partial charge in [-0.15, -0.1) is 53.1 Å². The molecule has 27 rings (SSSR count). The van der Waals surface area contributed by atoms with Gasteiger partial charge in [-0.1, -0.05) is 237 Å². The molecule has 0 spiro atoms. The number of aliphatic hydroxyl groups is 2. The second-order valence-corrected chi connectivity index (χ2v) is 43.6. The number of aliphatic hydroxyl groups excluding tert-OH is 2. The first kappa shape index (κ1) is 95.4. The van der Waals surface area contributed by atoms with E-state index in [9.17, 15) is 9.59 Å². The molecule has 142 heavy (non-hydrogen) atoms. The van der Waals surface area contributed by atoms with Gasteiger partial charge >= 0.3 is 0 Å². The SMILES string of the molecule is CC(=O)C=C(C)O.CC(=O)C=C(C)O.CN1c2[c-]c(-c3ccc4ccccc4n3)cc3c2P(=O)(c2cc4ccccc4cc21)c1cc2ccccc2cc1N3C.CN1c2[c-]c(-c3ccc4ccccc4n3)cc3c2P(=O)(c2cc4ccccc4cc21)c1cc2ccccc2cc1N3C.CN1c2[c-]c(-c3ccc4ccccc4n3)cc3c2P(c2cc4ccccc4cc21)c1cc2ccccc2cc1N3C.[Ir].[Ir].[Ir]. The van der Waals surface area contributed by atoms with E-state index in [4.69, 9.17) is 25.2 Å². The van der Waals surface area contributed by atoms with Gasteiger partial charge in [-0.25, -0.2) is 0 Å². The molecule has 3 radical (unpaired) electrons. The van der Waals surface area contributed by atoms with Crippen molar-refractivity contribution >= 4 is 247 Å². The zero-order valence-electron chi connectivity index (χ0n) is 79.0. The van der Waals surface area contributed by atoms with Crippen molar-refractivity contribution in [3.05, 3.63) is 388 Å². The number of fused-ring (bicyclic) bond motifs is 21. The number of hydrogen-bond donors (Lipinski definition) is 2. The Labute approximate surface area is 864 Å². The number of aromatic nitrogens is 3. The summed E-state index contributed by atoms with van der Waals surface area (Å²) in [5, 5.41) is 43.5. The Morgan fingerprint density at radius 2 is 0.507 bits per heavy atom. The average molecular weight is 2440 g/mol. The van der Waals surface area contributed by atoms with E-state index in [0.29, 0.717) is 0 Å². The Kier molecular flexibility index (Phi) is 25.3. The number of benzene rings is 18. The molecule has 15 nitrogen and oxygen atoms in total. The van der Waals surface area contributed by atoms with Crippen molar-refractivity contribution in [2.24, 2.45) is 0 Å². The van der Waals surface area contributed by atoms with Gasteiger partial charge in [0.1, 0.15) is 14.3 Å². The van der Waals surface area contributed by atoms with Gasteiger partial charge in [0.05, 0.1) is 50.8 Å². The van der Waals surface area contributed by atoms with E-state index >= 15 is 9.13 Å². The van der Waals surface area contributed by atoms with E-state index in [1.807, 2.05) is 60.7 Å². The molecule has 0 bridgehead atoms. The Morgan fingerprint density at radius 1 is 0.275 bits per heavy atom. The number of nitrogens with zero attached hydrogens (tertiary/aromatic N) is 9. The summed E-state index contributed by atoms with van der Waals surface area (Å²) in [6.45, 7) is 5.70. The van der Waals surface area contributed by atoms with Crippen molar-refractivity contribution in [3.8, 4) is 33.8 Å². The molecule has 9 heterocycles. The molecule has 0 aliphatic carbocycles. The first-order valence-corrected chi connectivity index (χ1v) is 50.9. The van der Waals surface area contributed by atoms with E-state index in [2.05, 4.69) is 375 Å². The standard InChI is InChI=1S/2C37H25N3OP.C37H25N3P.2C5H8O2.3Ir/c2*1-39-31-17-24-10-3-5-12-26(24)21-35(31)42(41)36-22-27-13-6-4-11-25(27)18-32(36)40(2)34-20-28(19-33(39)37(34)42)30-16-15-23-9-7-8-14-29(23)38-30;1-39-31-17-24-10-3-5-12-26(24)21-35(31)41-36-22-27-13-6-4-11-25(27)18-32(36)40(2)34-20-28(19-33(39)37(34)41)30-16-15-23-9-7-8-14-29(23)38-30;2*1-4(6)3-5(2)7;;;/h2*3-19,21-22H,1-2H3;3-19,21-22H,1-2H3;2*3,6H,1-2H3;;;/q3*-1;;;;;. The van der Waals surface area contributed by atoms with E-state index < -0.39 is 22.2 Å². The van der Waals surface area contributed by atoms with Crippen LogP contribution in [0.5, 0.6) is 0 Å². The third kappa shape index (κ3) is 16.2. The average Bonchev–Trinajstić information content (AvgIpc) is 0.683. The Hall–Kier alpha value is -14.2. The van der Waals surface area contributed by atoms with Crippen molar-refractivity contribution in [3.63, 3.8) is 0 Å². The number of carbonyl (C=O) groups excluding carboxylic acids is 2. The molecule has 2 N–H and O–H groups in total. The fourth-order valence-corrected chi connectivity index (χ4v) is 30.8. The number of rotatable bonds is 5.